The number of para-hydroxylation sites is 1. The summed E-state index contributed by atoms with van der Waals surface area (Å²) in [6.07, 6.45) is -1.47. The van der Waals surface area contributed by atoms with E-state index < -0.39 is 11.7 Å². The zero-order valence-corrected chi connectivity index (χ0v) is 23.0. The van der Waals surface area contributed by atoms with Crippen LogP contribution in [0.5, 0.6) is 0 Å². The van der Waals surface area contributed by atoms with E-state index in [0.29, 0.717) is 5.39 Å². The highest BCUT2D eigenvalue weighted by molar-refractivity contribution is 6.29. The molecule has 0 saturated carbocycles. The zero-order valence-electron chi connectivity index (χ0n) is 23.0. The highest BCUT2D eigenvalue weighted by Crippen LogP contribution is 2.46. The van der Waals surface area contributed by atoms with E-state index in [4.69, 9.17) is 0 Å². The smallest absolute Gasteiger partial charge is 0.307 e. The van der Waals surface area contributed by atoms with Gasteiger partial charge in [-0.05, 0) is 64.6 Å². The fourth-order valence-corrected chi connectivity index (χ4v) is 6.90. The van der Waals surface area contributed by atoms with E-state index in [1.54, 1.807) is 0 Å². The Bertz CT molecular complexity index is 2140. The van der Waals surface area contributed by atoms with Gasteiger partial charge in [-0.25, -0.2) is 4.57 Å². The molecule has 0 aliphatic rings. The molecule has 0 amide bonds. The number of fused-ring (bicyclic) bond motifs is 7. The number of aromatic nitrogens is 2. The Morgan fingerprint density at radius 3 is 2.18 bits per heavy atom. The van der Waals surface area contributed by atoms with Crippen molar-refractivity contribution in [2.45, 2.75) is 47.2 Å². The van der Waals surface area contributed by atoms with Gasteiger partial charge in [0.2, 0.25) is 5.52 Å². The van der Waals surface area contributed by atoms with Crippen LogP contribution in [0.1, 0.15) is 43.0 Å². The van der Waals surface area contributed by atoms with Crippen molar-refractivity contribution in [1.82, 2.24) is 4.40 Å². The molecule has 0 radical (unpaired) electrons. The quantitative estimate of drug-likeness (QED) is 0.115. The van der Waals surface area contributed by atoms with Gasteiger partial charge in [0.1, 0.15) is 7.05 Å². The summed E-state index contributed by atoms with van der Waals surface area (Å²) in [5.74, 6) is 0. The number of pyridine rings is 2. The summed E-state index contributed by atoms with van der Waals surface area (Å²) in [5.41, 5.74) is 5.89. The average Bonchev–Trinajstić information content (AvgIpc) is 3.20. The molecule has 7 aromatic rings. The molecule has 0 aliphatic heterocycles. The predicted molar refractivity (Wildman–Crippen MR) is 155 cm³/mol. The summed E-state index contributed by atoms with van der Waals surface area (Å²) in [7, 11) is 2.03. The minimum atomic E-state index is -4.48. The van der Waals surface area contributed by atoms with Crippen LogP contribution < -0.4 is 4.57 Å². The maximum atomic E-state index is 14.5. The molecule has 196 valence electrons. The van der Waals surface area contributed by atoms with E-state index in [1.165, 1.54) is 17.7 Å². The third-order valence-electron chi connectivity index (χ3n) is 8.41. The van der Waals surface area contributed by atoms with Gasteiger partial charge in [-0.1, -0.05) is 63.2 Å². The van der Waals surface area contributed by atoms with Crippen LogP contribution in [-0.2, 0) is 19.6 Å². The largest absolute Gasteiger partial charge is 0.418 e. The van der Waals surface area contributed by atoms with Gasteiger partial charge >= 0.3 is 6.18 Å². The normalized spacial score (nSPS) is 13.4. The van der Waals surface area contributed by atoms with Crippen LogP contribution in [-0.4, -0.2) is 4.40 Å². The minimum Gasteiger partial charge on any atom is -0.307 e. The fourth-order valence-electron chi connectivity index (χ4n) is 6.90. The molecule has 0 N–H and O–H groups in total. The Hall–Kier alpha value is -3.86. The molecule has 3 heterocycles. The molecular weight excluding hydrogens is 493 g/mol. The third kappa shape index (κ3) is 3.25. The molecule has 7 rings (SSSR count). The van der Waals surface area contributed by atoms with Crippen molar-refractivity contribution in [3.05, 3.63) is 83.0 Å². The zero-order chi connectivity index (χ0) is 27.6. The molecular formula is C34H30F3N2+. The van der Waals surface area contributed by atoms with Gasteiger partial charge in [0.15, 0.2) is 6.20 Å². The molecule has 0 atom stereocenters. The molecule has 0 aliphatic carbocycles. The lowest BCUT2D eigenvalue weighted by Crippen LogP contribution is -2.29. The van der Waals surface area contributed by atoms with E-state index >= 15 is 0 Å². The molecule has 4 aromatic carbocycles. The van der Waals surface area contributed by atoms with Crippen molar-refractivity contribution in [1.29, 1.82) is 0 Å². The lowest BCUT2D eigenvalue weighted by molar-refractivity contribution is -0.643. The molecule has 0 bridgehead atoms. The summed E-state index contributed by atoms with van der Waals surface area (Å²) < 4.78 is 47.6. The summed E-state index contributed by atoms with van der Waals surface area (Å²) in [6, 6.07) is 17.3. The van der Waals surface area contributed by atoms with Crippen molar-refractivity contribution in [3.8, 4) is 0 Å². The number of rotatable bonds is 1. The van der Waals surface area contributed by atoms with Gasteiger partial charge in [-0.2, -0.15) is 13.2 Å². The Morgan fingerprint density at radius 1 is 0.744 bits per heavy atom. The second kappa shape index (κ2) is 7.62. The van der Waals surface area contributed by atoms with Crippen molar-refractivity contribution in [2.24, 2.45) is 12.5 Å². The standard InChI is InChI=1S/C34H30F3N2/c1-18-25-16-20(17-33(3,4)5)10-12-22(25)19(2)29-27(18)32-28-21(14-15-38(32)6)11-13-24-23-8-7-9-26(34(35,36)37)30(23)39(29)31(24)28/h7-16H,17H2,1-6H3/q+1. The van der Waals surface area contributed by atoms with Crippen LogP contribution in [0.15, 0.2) is 60.8 Å². The average molecular weight is 524 g/mol. The van der Waals surface area contributed by atoms with Crippen molar-refractivity contribution in [2.75, 3.05) is 0 Å². The summed E-state index contributed by atoms with van der Waals surface area (Å²) in [4.78, 5) is 0. The first kappa shape index (κ1) is 24.2. The second-order valence-corrected chi connectivity index (χ2v) is 12.3. The number of aryl methyl sites for hydroxylation is 3. The Morgan fingerprint density at radius 2 is 1.46 bits per heavy atom. The van der Waals surface area contributed by atoms with Crippen molar-refractivity contribution < 1.29 is 17.7 Å². The van der Waals surface area contributed by atoms with Crippen LogP contribution in [0.25, 0.3) is 59.8 Å². The fraction of sp³-hybridized carbons (Fsp3) is 0.265. The maximum Gasteiger partial charge on any atom is 0.418 e. The second-order valence-electron chi connectivity index (χ2n) is 12.3. The summed E-state index contributed by atoms with van der Waals surface area (Å²) in [6.45, 7) is 10.9. The first-order chi connectivity index (χ1) is 18.4. The third-order valence-corrected chi connectivity index (χ3v) is 8.41. The van der Waals surface area contributed by atoms with E-state index in [0.717, 1.165) is 66.4 Å². The van der Waals surface area contributed by atoms with E-state index in [9.17, 15) is 13.2 Å². The van der Waals surface area contributed by atoms with Crippen LogP contribution in [0.3, 0.4) is 0 Å². The van der Waals surface area contributed by atoms with Gasteiger partial charge in [0, 0.05) is 16.8 Å². The highest BCUT2D eigenvalue weighted by Gasteiger charge is 2.36. The Kier molecular flexibility index (Phi) is 4.73. The van der Waals surface area contributed by atoms with Crippen molar-refractivity contribution in [3.63, 3.8) is 0 Å². The minimum absolute atomic E-state index is 0.144. The number of hydrogen-bond donors (Lipinski definition) is 0. The Balaban J connectivity index is 1.83. The van der Waals surface area contributed by atoms with Gasteiger partial charge in [-0.3, -0.25) is 0 Å². The van der Waals surface area contributed by atoms with Gasteiger partial charge in [-0.15, -0.1) is 0 Å². The number of benzene rings is 4. The lowest BCUT2D eigenvalue weighted by atomic mass is 9.86. The first-order valence-electron chi connectivity index (χ1n) is 13.4. The predicted octanol–water partition coefficient (Wildman–Crippen LogP) is 9.19. The molecule has 0 fully saturated rings. The monoisotopic (exact) mass is 523 g/mol. The number of halogens is 3. The van der Waals surface area contributed by atoms with Crippen LogP contribution >= 0.6 is 0 Å². The molecule has 3 aromatic heterocycles. The number of nitrogens with zero attached hydrogens (tertiary/aromatic N) is 2. The van der Waals surface area contributed by atoms with Gasteiger partial charge < -0.3 is 4.40 Å². The van der Waals surface area contributed by atoms with Gasteiger partial charge in [0.05, 0.1) is 32.9 Å². The Labute approximate surface area is 224 Å². The number of hydrogen-bond acceptors (Lipinski definition) is 0. The summed E-state index contributed by atoms with van der Waals surface area (Å²) >= 11 is 0. The van der Waals surface area contributed by atoms with Crippen LogP contribution in [0, 0.1) is 19.3 Å². The van der Waals surface area contributed by atoms with E-state index in [2.05, 4.69) is 69.6 Å². The van der Waals surface area contributed by atoms with Crippen LogP contribution in [0.4, 0.5) is 13.2 Å². The summed E-state index contributed by atoms with van der Waals surface area (Å²) in [5, 5.41) is 6.75. The molecule has 5 heteroatoms. The van der Waals surface area contributed by atoms with Crippen LogP contribution in [0.2, 0.25) is 0 Å². The topological polar surface area (TPSA) is 8.29 Å². The molecule has 39 heavy (non-hydrogen) atoms. The van der Waals surface area contributed by atoms with Gasteiger partial charge in [0.25, 0.3) is 0 Å². The molecule has 0 saturated heterocycles. The van der Waals surface area contributed by atoms with E-state index in [-0.39, 0.29) is 10.9 Å². The lowest BCUT2D eigenvalue weighted by Gasteiger charge is -2.21. The van der Waals surface area contributed by atoms with E-state index in [1.807, 2.05) is 29.6 Å². The van der Waals surface area contributed by atoms with Crippen molar-refractivity contribution >= 4 is 59.8 Å². The highest BCUT2D eigenvalue weighted by atomic mass is 19.4. The first-order valence-corrected chi connectivity index (χ1v) is 13.4. The maximum absolute atomic E-state index is 14.5. The molecule has 0 unspecified atom stereocenters. The molecule has 0 spiro atoms. The number of alkyl halides is 3. The molecule has 2 nitrogen and oxygen atoms in total. The SMILES string of the molecule is Cc1c2cc(CC(C)(C)C)ccc2c(C)c2c1c1c3c(ccc4c5cccc(C(F)(F)F)c5n2c43)cc[n+]1C.